The second-order valence-corrected chi connectivity index (χ2v) is 11.6. The average molecular weight is 596 g/mol. The molecular weight excluding hydrogens is 560 g/mol. The predicted molar refractivity (Wildman–Crippen MR) is 148 cm³/mol. The Bertz CT molecular complexity index is 1130. The largest absolute Gasteiger partial charge is 0.497 e. The number of amides is 2. The maximum atomic E-state index is 13.9. The summed E-state index contributed by atoms with van der Waals surface area (Å²) < 4.78 is 17.2. The van der Waals surface area contributed by atoms with Crippen LogP contribution in [0.4, 0.5) is 4.79 Å². The second-order valence-electron chi connectivity index (χ2n) is 10.3. The molecule has 1 fully saturated rings. The molecule has 1 aliphatic heterocycles. The van der Waals surface area contributed by atoms with Gasteiger partial charge in [-0.15, -0.1) is 0 Å². The first-order valence-electron chi connectivity index (χ1n) is 12.3. The minimum Gasteiger partial charge on any atom is -0.497 e. The first-order chi connectivity index (χ1) is 17.4. The summed E-state index contributed by atoms with van der Waals surface area (Å²) in [6.45, 7) is 9.32. The molecule has 1 heterocycles. The fourth-order valence-electron chi connectivity index (χ4n) is 4.37. The van der Waals surface area contributed by atoms with E-state index >= 15 is 0 Å². The molecule has 3 rings (SSSR count). The molecule has 0 atom stereocenters. The Kier molecular flexibility index (Phi) is 9.75. The highest BCUT2D eigenvalue weighted by molar-refractivity contribution is 9.10. The van der Waals surface area contributed by atoms with Crippen molar-refractivity contribution in [3.8, 4) is 11.5 Å². The van der Waals surface area contributed by atoms with Crippen LogP contribution in [0.25, 0.3) is 0 Å². The van der Waals surface area contributed by atoms with Crippen molar-refractivity contribution in [1.82, 2.24) is 9.80 Å². The van der Waals surface area contributed by atoms with E-state index in [9.17, 15) is 9.59 Å². The van der Waals surface area contributed by atoms with Crippen molar-refractivity contribution in [3.63, 3.8) is 0 Å². The van der Waals surface area contributed by atoms with Gasteiger partial charge in [0.15, 0.2) is 0 Å². The van der Waals surface area contributed by atoms with Crippen LogP contribution in [0.5, 0.6) is 11.5 Å². The smallest absolute Gasteiger partial charge is 0.410 e. The number of hydrogen-bond donors (Lipinski definition) is 0. The van der Waals surface area contributed by atoms with Gasteiger partial charge in [0.05, 0.1) is 19.2 Å². The molecule has 2 amide bonds. The highest BCUT2D eigenvalue weighted by atomic mass is 79.9. The molecule has 0 aromatic heterocycles. The number of methoxy groups -OCH3 is 2. The zero-order valence-corrected chi connectivity index (χ0v) is 24.7. The zero-order valence-electron chi connectivity index (χ0n) is 22.4. The van der Waals surface area contributed by atoms with Crippen LogP contribution in [0.1, 0.15) is 50.3 Å². The molecule has 2 aromatic carbocycles. The normalized spacial score (nSPS) is 14.3. The third-order valence-electron chi connectivity index (χ3n) is 6.40. The molecule has 9 heteroatoms. The number of nitrogens with zero attached hydrogens (tertiary/aromatic N) is 2. The van der Waals surface area contributed by atoms with Gasteiger partial charge in [0.25, 0.3) is 0 Å². The van der Waals surface area contributed by atoms with Crippen LogP contribution in [0, 0.1) is 12.8 Å². The van der Waals surface area contributed by atoms with Gasteiger partial charge in [-0.3, -0.25) is 4.79 Å². The lowest BCUT2D eigenvalue weighted by Gasteiger charge is -2.35. The van der Waals surface area contributed by atoms with Gasteiger partial charge in [-0.2, -0.15) is 0 Å². The summed E-state index contributed by atoms with van der Waals surface area (Å²) in [6, 6.07) is 9.52. The lowest BCUT2D eigenvalue weighted by Crippen LogP contribution is -2.45. The molecule has 202 valence electrons. The van der Waals surface area contributed by atoms with Crippen LogP contribution in [0.15, 0.2) is 34.8 Å². The molecule has 37 heavy (non-hydrogen) atoms. The van der Waals surface area contributed by atoms with Gasteiger partial charge in [-0.1, -0.05) is 17.7 Å². The molecule has 0 saturated carbocycles. The summed E-state index contributed by atoms with van der Waals surface area (Å²) in [4.78, 5) is 29.9. The van der Waals surface area contributed by atoms with Gasteiger partial charge in [-0.25, -0.2) is 4.79 Å². The predicted octanol–water partition coefficient (Wildman–Crippen LogP) is 6.60. The van der Waals surface area contributed by atoms with Crippen molar-refractivity contribution < 1.29 is 23.8 Å². The lowest BCUT2D eigenvalue weighted by molar-refractivity contribution is -0.138. The molecule has 1 aliphatic rings. The SMILES string of the molecule is COc1ccc(CN(Cc2cc(Br)c(Cl)cc2OC)C(=O)C2CCN(C(=O)OC(C)(C)C)CC2)c(C)c1. The molecule has 1 saturated heterocycles. The second kappa shape index (κ2) is 12.4. The van der Waals surface area contributed by atoms with Crippen LogP contribution in [0.3, 0.4) is 0 Å². The Labute approximate surface area is 233 Å². The van der Waals surface area contributed by atoms with E-state index in [-0.39, 0.29) is 17.9 Å². The maximum Gasteiger partial charge on any atom is 0.410 e. The van der Waals surface area contributed by atoms with Crippen molar-refractivity contribution >= 4 is 39.5 Å². The molecule has 0 radical (unpaired) electrons. The number of hydrogen-bond acceptors (Lipinski definition) is 5. The Balaban J connectivity index is 1.82. The van der Waals surface area contributed by atoms with Gasteiger partial charge in [0.2, 0.25) is 5.91 Å². The van der Waals surface area contributed by atoms with E-state index < -0.39 is 5.60 Å². The summed E-state index contributed by atoms with van der Waals surface area (Å²) in [5, 5.41) is 0.541. The van der Waals surface area contributed by atoms with E-state index in [2.05, 4.69) is 15.9 Å². The highest BCUT2D eigenvalue weighted by Gasteiger charge is 2.32. The summed E-state index contributed by atoms with van der Waals surface area (Å²) in [5.41, 5.74) is 2.38. The number of carbonyl (C=O) groups excluding carboxylic acids is 2. The fourth-order valence-corrected chi connectivity index (χ4v) is 4.92. The standard InChI is InChI=1S/C28H36BrClN2O5/c1-18-13-22(35-5)8-7-20(18)16-32(17-21-14-23(29)24(30)15-25(21)36-6)26(33)19-9-11-31(12-10-19)27(34)37-28(2,3)4/h7-8,13-15,19H,9-12,16-17H2,1-6H3. The lowest BCUT2D eigenvalue weighted by atomic mass is 9.94. The first kappa shape index (κ1) is 29.1. The highest BCUT2D eigenvalue weighted by Crippen LogP contribution is 2.33. The van der Waals surface area contributed by atoms with Crippen molar-refractivity contribution in [2.24, 2.45) is 5.92 Å². The third-order valence-corrected chi connectivity index (χ3v) is 7.60. The van der Waals surface area contributed by atoms with Crippen LogP contribution < -0.4 is 9.47 Å². The average Bonchev–Trinajstić information content (AvgIpc) is 2.85. The third kappa shape index (κ3) is 7.77. The minimum absolute atomic E-state index is 0.0483. The minimum atomic E-state index is -0.553. The molecule has 0 unspecified atom stereocenters. The molecule has 0 spiro atoms. The molecule has 0 N–H and O–H groups in total. The van der Waals surface area contributed by atoms with Crippen molar-refractivity contribution in [2.45, 2.75) is 59.2 Å². The van der Waals surface area contributed by atoms with Gasteiger partial charge in [0.1, 0.15) is 17.1 Å². The summed E-state index contributed by atoms with van der Waals surface area (Å²) in [6.07, 6.45) is 0.828. The van der Waals surface area contributed by atoms with Gasteiger partial charge in [-0.05, 0) is 85.8 Å². The molecule has 7 nitrogen and oxygen atoms in total. The number of piperidine rings is 1. The van der Waals surface area contributed by atoms with E-state index in [0.717, 1.165) is 26.9 Å². The molecular formula is C28H36BrClN2O5. The molecule has 0 aliphatic carbocycles. The van der Waals surface area contributed by atoms with E-state index in [0.29, 0.717) is 49.8 Å². The Morgan fingerprint density at radius 3 is 2.27 bits per heavy atom. The van der Waals surface area contributed by atoms with Crippen LogP contribution >= 0.6 is 27.5 Å². The van der Waals surface area contributed by atoms with Crippen molar-refractivity contribution in [3.05, 3.63) is 56.5 Å². The Hall–Kier alpha value is -2.45. The zero-order chi connectivity index (χ0) is 27.3. The van der Waals surface area contributed by atoms with E-state index in [1.165, 1.54) is 0 Å². The number of rotatable bonds is 7. The van der Waals surface area contributed by atoms with E-state index in [4.69, 9.17) is 25.8 Å². The molecule has 0 bridgehead atoms. The summed E-state index contributed by atoms with van der Waals surface area (Å²) in [5.74, 6) is 1.25. The van der Waals surface area contributed by atoms with Crippen molar-refractivity contribution in [1.29, 1.82) is 0 Å². The number of ether oxygens (including phenoxy) is 3. The number of likely N-dealkylation sites (tertiary alicyclic amines) is 1. The monoisotopic (exact) mass is 594 g/mol. The topological polar surface area (TPSA) is 68.3 Å². The summed E-state index contributed by atoms with van der Waals surface area (Å²) >= 11 is 9.78. The van der Waals surface area contributed by atoms with Crippen LogP contribution in [-0.4, -0.2) is 54.7 Å². The van der Waals surface area contributed by atoms with Crippen LogP contribution in [0.2, 0.25) is 5.02 Å². The quantitative estimate of drug-likeness (QED) is 0.361. The van der Waals surface area contributed by atoms with Gasteiger partial charge in [0, 0.05) is 48.2 Å². The van der Waals surface area contributed by atoms with E-state index in [1.807, 2.05) is 56.9 Å². The number of benzene rings is 2. The molecule has 2 aromatic rings. The van der Waals surface area contributed by atoms with Crippen LogP contribution in [-0.2, 0) is 22.6 Å². The van der Waals surface area contributed by atoms with Gasteiger partial charge < -0.3 is 24.0 Å². The Morgan fingerprint density at radius 2 is 1.70 bits per heavy atom. The summed E-state index contributed by atoms with van der Waals surface area (Å²) in [7, 11) is 3.23. The Morgan fingerprint density at radius 1 is 1.05 bits per heavy atom. The van der Waals surface area contributed by atoms with E-state index in [1.54, 1.807) is 25.2 Å². The first-order valence-corrected chi connectivity index (χ1v) is 13.5. The van der Waals surface area contributed by atoms with Crippen molar-refractivity contribution in [2.75, 3.05) is 27.3 Å². The number of halogens is 2. The maximum absolute atomic E-state index is 13.9. The fraction of sp³-hybridized carbons (Fsp3) is 0.500. The van der Waals surface area contributed by atoms with Gasteiger partial charge >= 0.3 is 6.09 Å². The number of carbonyl (C=O) groups is 2. The number of aryl methyl sites for hydroxylation is 1.